The molecule has 0 heterocycles. The van der Waals surface area contributed by atoms with E-state index in [0.717, 1.165) is 32.5 Å². The van der Waals surface area contributed by atoms with Crippen molar-refractivity contribution >= 4 is 14.5 Å². The fourth-order valence-electron chi connectivity index (χ4n) is 1.84. The summed E-state index contributed by atoms with van der Waals surface area (Å²) in [5.74, 6) is 0. The van der Waals surface area contributed by atoms with Gasteiger partial charge in [-0.1, -0.05) is 57.9 Å². The van der Waals surface area contributed by atoms with Crippen molar-refractivity contribution in [2.75, 3.05) is 13.2 Å². The third kappa shape index (κ3) is 5.89. The molecule has 3 heteroatoms. The molecule has 0 saturated carbocycles. The quantitative estimate of drug-likeness (QED) is 0.481. The van der Waals surface area contributed by atoms with Gasteiger partial charge in [-0.2, -0.15) is 0 Å². The van der Waals surface area contributed by atoms with Crippen LogP contribution in [0.1, 0.15) is 52.0 Å². The normalized spacial score (nSPS) is 11.2. The van der Waals surface area contributed by atoms with Crippen LogP contribution in [-0.2, 0) is 15.3 Å². The molecule has 0 aromatic heterocycles. The van der Waals surface area contributed by atoms with Crippen LogP contribution in [-0.4, -0.2) is 22.5 Å². The number of rotatable bonds is 10. The van der Waals surface area contributed by atoms with Crippen LogP contribution in [0.25, 0.3) is 0 Å². The van der Waals surface area contributed by atoms with Crippen molar-refractivity contribution in [1.29, 1.82) is 0 Å². The van der Waals surface area contributed by atoms with E-state index in [0.29, 0.717) is 0 Å². The van der Waals surface area contributed by atoms with Gasteiger partial charge in [-0.15, -0.1) is 0 Å². The zero-order chi connectivity index (χ0) is 13.9. The van der Waals surface area contributed by atoms with Gasteiger partial charge in [0.05, 0.1) is 0 Å². The molecule has 0 aliphatic carbocycles. The van der Waals surface area contributed by atoms with Gasteiger partial charge in [0.2, 0.25) is 0 Å². The summed E-state index contributed by atoms with van der Waals surface area (Å²) < 4.78 is 12.1. The first-order chi connectivity index (χ1) is 9.33. The highest BCUT2D eigenvalue weighted by Gasteiger charge is 2.21. The summed E-state index contributed by atoms with van der Waals surface area (Å²) >= 11 is 0. The van der Waals surface area contributed by atoms with Gasteiger partial charge < -0.3 is 8.85 Å². The summed E-state index contributed by atoms with van der Waals surface area (Å²) in [4.78, 5) is 0. The maximum Gasteiger partial charge on any atom is 0.423 e. The molecule has 0 bridgehead atoms. The average Bonchev–Trinajstić information content (AvgIpc) is 2.46. The predicted molar refractivity (Wildman–Crippen MR) is 82.9 cm³/mol. The molecular weight excluding hydrogens is 252 g/mol. The Kier molecular flexibility index (Phi) is 8.79. The summed E-state index contributed by atoms with van der Waals surface area (Å²) in [5, 5.41) is 1.29. The summed E-state index contributed by atoms with van der Waals surface area (Å²) in [6.45, 7) is 8.20. The summed E-state index contributed by atoms with van der Waals surface area (Å²) in [7, 11) is -1.31. The van der Waals surface area contributed by atoms with E-state index in [-0.39, 0.29) is 0 Å². The Balaban J connectivity index is 2.69. The van der Waals surface area contributed by atoms with Crippen molar-refractivity contribution in [3.8, 4) is 0 Å². The lowest BCUT2D eigenvalue weighted by Gasteiger charge is -2.18. The number of hydrogen-bond acceptors (Lipinski definition) is 2. The van der Waals surface area contributed by atoms with E-state index in [1.807, 2.05) is 0 Å². The van der Waals surface area contributed by atoms with Crippen LogP contribution in [0.5, 0.6) is 0 Å². The largest absolute Gasteiger partial charge is 0.423 e. The molecule has 0 N–H and O–H groups in total. The zero-order valence-corrected chi connectivity index (χ0v) is 13.6. The molecule has 0 aliphatic rings. The molecule has 0 atom stereocenters. The van der Waals surface area contributed by atoms with Gasteiger partial charge in [-0.3, -0.25) is 0 Å². The molecule has 0 fully saturated rings. The number of unbranched alkanes of at least 4 members (excludes halogenated alkanes) is 2. The molecule has 1 radical (unpaired) electrons. The van der Waals surface area contributed by atoms with E-state index < -0.39 is 9.28 Å². The Morgan fingerprint density at radius 3 is 2.00 bits per heavy atom. The maximum atomic E-state index is 6.04. The molecule has 2 nitrogen and oxygen atoms in total. The third-order valence-corrected chi connectivity index (χ3v) is 4.94. The minimum Gasteiger partial charge on any atom is -0.390 e. The molecule has 1 aromatic rings. The van der Waals surface area contributed by atoms with Gasteiger partial charge in [0.1, 0.15) is 0 Å². The smallest absolute Gasteiger partial charge is 0.390 e. The van der Waals surface area contributed by atoms with Crippen molar-refractivity contribution < 1.29 is 8.85 Å². The molecule has 1 rings (SSSR count). The summed E-state index contributed by atoms with van der Waals surface area (Å²) in [6, 6.07) is 8.54. The van der Waals surface area contributed by atoms with Gasteiger partial charge in [0.25, 0.3) is 0 Å². The highest BCUT2D eigenvalue weighted by molar-refractivity contribution is 6.61. The van der Waals surface area contributed by atoms with Crippen molar-refractivity contribution in [2.45, 2.75) is 52.9 Å². The van der Waals surface area contributed by atoms with Crippen LogP contribution in [0.4, 0.5) is 0 Å². The average molecular weight is 279 g/mol. The lowest BCUT2D eigenvalue weighted by atomic mass is 10.2. The van der Waals surface area contributed by atoms with Gasteiger partial charge in [0, 0.05) is 13.2 Å². The maximum absolute atomic E-state index is 6.04. The van der Waals surface area contributed by atoms with E-state index in [2.05, 4.69) is 45.0 Å². The van der Waals surface area contributed by atoms with Crippen LogP contribution in [0, 0.1) is 0 Å². The van der Waals surface area contributed by atoms with Crippen LogP contribution in [0.3, 0.4) is 0 Å². The molecule has 0 amide bonds. The van der Waals surface area contributed by atoms with E-state index >= 15 is 0 Å². The molecule has 19 heavy (non-hydrogen) atoms. The first-order valence-electron chi connectivity index (χ1n) is 7.54. The van der Waals surface area contributed by atoms with Gasteiger partial charge in [0.15, 0.2) is 0 Å². The van der Waals surface area contributed by atoms with E-state index in [1.165, 1.54) is 23.6 Å². The third-order valence-electron chi connectivity index (χ3n) is 3.08. The lowest BCUT2D eigenvalue weighted by molar-refractivity contribution is 0.202. The fourth-order valence-corrected chi connectivity index (χ4v) is 3.65. The molecular formula is C16H27O2Si. The van der Waals surface area contributed by atoms with Crippen molar-refractivity contribution in [3.63, 3.8) is 0 Å². The molecule has 0 spiro atoms. The van der Waals surface area contributed by atoms with Crippen molar-refractivity contribution in [1.82, 2.24) is 0 Å². The number of hydrogen-bond donors (Lipinski definition) is 0. The van der Waals surface area contributed by atoms with Crippen LogP contribution in [0.15, 0.2) is 24.3 Å². The van der Waals surface area contributed by atoms with Gasteiger partial charge in [-0.05, 0) is 30.0 Å². The van der Waals surface area contributed by atoms with Crippen molar-refractivity contribution in [2.24, 2.45) is 0 Å². The minimum atomic E-state index is -1.31. The van der Waals surface area contributed by atoms with Crippen LogP contribution < -0.4 is 5.19 Å². The molecule has 0 saturated heterocycles. The first kappa shape index (κ1) is 16.4. The highest BCUT2D eigenvalue weighted by Crippen LogP contribution is 2.04. The second kappa shape index (κ2) is 10.2. The molecule has 1 aromatic carbocycles. The zero-order valence-electron chi connectivity index (χ0n) is 12.6. The monoisotopic (exact) mass is 279 g/mol. The van der Waals surface area contributed by atoms with Crippen LogP contribution >= 0.6 is 0 Å². The lowest BCUT2D eigenvalue weighted by Crippen LogP contribution is -2.39. The van der Waals surface area contributed by atoms with E-state index in [1.54, 1.807) is 0 Å². The van der Waals surface area contributed by atoms with Gasteiger partial charge >= 0.3 is 9.28 Å². The van der Waals surface area contributed by atoms with E-state index in [4.69, 9.17) is 8.85 Å². The minimum absolute atomic E-state index is 0.814. The second-order valence-electron chi connectivity index (χ2n) is 4.70. The van der Waals surface area contributed by atoms with Crippen LogP contribution in [0.2, 0.25) is 0 Å². The highest BCUT2D eigenvalue weighted by atomic mass is 28.3. The molecule has 107 valence electrons. The standard InChI is InChI=1S/C16H27O2Si/c1-4-7-13-17-19(18-14-8-5-2)16-12-10-9-11-15(16)6-3/h9-12H,4-8,13-14H2,1-3H3. The predicted octanol–water partition coefficient (Wildman–Crippen LogP) is 3.58. The summed E-state index contributed by atoms with van der Waals surface area (Å²) in [6.07, 6.45) is 5.59. The number of benzene rings is 1. The Morgan fingerprint density at radius 2 is 1.47 bits per heavy atom. The SMILES string of the molecule is CCCCO[Si](OCCCC)c1ccccc1CC. The van der Waals surface area contributed by atoms with Crippen molar-refractivity contribution in [3.05, 3.63) is 29.8 Å². The Bertz CT molecular complexity index is 331. The number of aryl methyl sites for hydroxylation is 1. The Hall–Kier alpha value is -0.643. The summed E-state index contributed by atoms with van der Waals surface area (Å²) in [5.41, 5.74) is 1.37. The topological polar surface area (TPSA) is 18.5 Å². The second-order valence-corrected chi connectivity index (χ2v) is 6.39. The Morgan fingerprint density at radius 1 is 0.895 bits per heavy atom. The Labute approximate surface area is 120 Å². The van der Waals surface area contributed by atoms with E-state index in [9.17, 15) is 0 Å². The first-order valence-corrected chi connectivity index (χ1v) is 8.85. The van der Waals surface area contributed by atoms with Gasteiger partial charge in [-0.25, -0.2) is 0 Å². The molecule has 0 aliphatic heterocycles. The molecule has 0 unspecified atom stereocenters. The fraction of sp³-hybridized carbons (Fsp3) is 0.625.